The van der Waals surface area contributed by atoms with E-state index >= 15 is 0 Å². The van der Waals surface area contributed by atoms with E-state index in [9.17, 15) is 0 Å². The second-order valence-corrected chi connectivity index (χ2v) is 4.80. The highest BCUT2D eigenvalue weighted by molar-refractivity contribution is 8.76. The van der Waals surface area contributed by atoms with Gasteiger partial charge in [0.25, 0.3) is 0 Å². The molecule has 0 aromatic heterocycles. The van der Waals surface area contributed by atoms with Gasteiger partial charge in [0.1, 0.15) is 0 Å². The van der Waals surface area contributed by atoms with Crippen LogP contribution in [0.15, 0.2) is 12.7 Å². The Bertz CT molecular complexity index is 69.3. The molecule has 0 fully saturated rings. The molecule has 2 heteroatoms. The van der Waals surface area contributed by atoms with Crippen LogP contribution in [0.25, 0.3) is 0 Å². The van der Waals surface area contributed by atoms with Crippen LogP contribution in [0.4, 0.5) is 0 Å². The van der Waals surface area contributed by atoms with Crippen molar-refractivity contribution >= 4 is 21.6 Å². The van der Waals surface area contributed by atoms with Gasteiger partial charge < -0.3 is 0 Å². The average molecular weight is 162 g/mol. The summed E-state index contributed by atoms with van der Waals surface area (Å²) in [6.45, 7) is 8.12. The molecule has 0 aromatic rings. The van der Waals surface area contributed by atoms with Crippen molar-refractivity contribution < 1.29 is 0 Å². The Balaban J connectivity index is 2.82. The molecule has 0 N–H and O–H groups in total. The average Bonchev–Trinajstić information content (AvgIpc) is 1.80. The van der Waals surface area contributed by atoms with Crippen LogP contribution in [0.5, 0.6) is 0 Å². The van der Waals surface area contributed by atoms with Gasteiger partial charge >= 0.3 is 0 Å². The van der Waals surface area contributed by atoms with Crippen LogP contribution >= 0.6 is 21.6 Å². The third kappa shape index (κ3) is 8.44. The number of rotatable bonds is 5. The highest BCUT2D eigenvalue weighted by Crippen LogP contribution is 2.23. The Morgan fingerprint density at radius 2 is 2.11 bits per heavy atom. The monoisotopic (exact) mass is 162 g/mol. The summed E-state index contributed by atoms with van der Waals surface area (Å²) < 4.78 is 0. The van der Waals surface area contributed by atoms with Crippen molar-refractivity contribution in [3.05, 3.63) is 12.7 Å². The lowest BCUT2D eigenvalue weighted by Gasteiger charge is -2.00. The first-order chi connectivity index (χ1) is 4.27. The Morgan fingerprint density at radius 1 is 1.44 bits per heavy atom. The van der Waals surface area contributed by atoms with Crippen molar-refractivity contribution in [3.63, 3.8) is 0 Å². The molecule has 0 spiro atoms. The topological polar surface area (TPSA) is 0 Å². The maximum Gasteiger partial charge on any atom is 0.0215 e. The van der Waals surface area contributed by atoms with E-state index < -0.39 is 0 Å². The quantitative estimate of drug-likeness (QED) is 0.346. The van der Waals surface area contributed by atoms with Crippen LogP contribution in [-0.2, 0) is 0 Å². The van der Waals surface area contributed by atoms with Gasteiger partial charge in [-0.3, -0.25) is 0 Å². The van der Waals surface area contributed by atoms with Crippen molar-refractivity contribution in [2.45, 2.75) is 13.8 Å². The molecular formula is C7H14S2. The van der Waals surface area contributed by atoms with Crippen LogP contribution in [0.3, 0.4) is 0 Å². The SMILES string of the molecule is C=CCSSCC(C)C. The van der Waals surface area contributed by atoms with E-state index in [1.165, 1.54) is 5.75 Å². The smallest absolute Gasteiger partial charge is 0.0215 e. The minimum Gasteiger partial charge on any atom is -0.102 e. The second-order valence-electron chi connectivity index (χ2n) is 2.25. The van der Waals surface area contributed by atoms with E-state index in [1.54, 1.807) is 0 Å². The Morgan fingerprint density at radius 3 is 2.56 bits per heavy atom. The van der Waals surface area contributed by atoms with E-state index in [0.29, 0.717) is 0 Å². The van der Waals surface area contributed by atoms with Crippen molar-refractivity contribution in [2.24, 2.45) is 5.92 Å². The maximum absolute atomic E-state index is 3.64. The summed E-state index contributed by atoms with van der Waals surface area (Å²) in [5.41, 5.74) is 0. The van der Waals surface area contributed by atoms with Gasteiger partial charge in [0.15, 0.2) is 0 Å². The molecule has 0 radical (unpaired) electrons. The van der Waals surface area contributed by atoms with Gasteiger partial charge in [0, 0.05) is 11.5 Å². The normalized spacial score (nSPS) is 10.1. The Labute approximate surface area is 65.9 Å². The second kappa shape index (κ2) is 6.56. The molecule has 0 heterocycles. The molecule has 0 nitrogen and oxygen atoms in total. The van der Waals surface area contributed by atoms with Gasteiger partial charge in [-0.25, -0.2) is 0 Å². The van der Waals surface area contributed by atoms with Gasteiger partial charge in [0.2, 0.25) is 0 Å². The molecule has 0 bridgehead atoms. The molecule has 0 saturated heterocycles. The lowest BCUT2D eigenvalue weighted by molar-refractivity contribution is 0.752. The van der Waals surface area contributed by atoms with Gasteiger partial charge in [-0.05, 0) is 5.92 Å². The van der Waals surface area contributed by atoms with Crippen molar-refractivity contribution in [3.8, 4) is 0 Å². The fourth-order valence-electron chi connectivity index (χ4n) is 0.280. The summed E-state index contributed by atoms with van der Waals surface area (Å²) in [7, 11) is 3.81. The zero-order valence-corrected chi connectivity index (χ0v) is 7.73. The molecule has 54 valence electrons. The van der Waals surface area contributed by atoms with Crippen molar-refractivity contribution in [2.75, 3.05) is 11.5 Å². The summed E-state index contributed by atoms with van der Waals surface area (Å²) in [5, 5.41) is 0. The first kappa shape index (κ1) is 9.44. The van der Waals surface area contributed by atoms with Crippen LogP contribution in [0.1, 0.15) is 13.8 Å². The minimum absolute atomic E-state index is 0.812. The summed E-state index contributed by atoms with van der Waals surface area (Å²) in [4.78, 5) is 0. The van der Waals surface area contributed by atoms with Crippen molar-refractivity contribution in [1.82, 2.24) is 0 Å². The molecule has 0 aromatic carbocycles. The largest absolute Gasteiger partial charge is 0.102 e. The predicted octanol–water partition coefficient (Wildman–Crippen LogP) is 3.21. The fraction of sp³-hybridized carbons (Fsp3) is 0.714. The third-order valence-corrected chi connectivity index (χ3v) is 3.33. The Hall–Kier alpha value is 0.440. The lowest BCUT2D eigenvalue weighted by Crippen LogP contribution is -1.87. The van der Waals surface area contributed by atoms with E-state index in [-0.39, 0.29) is 0 Å². The first-order valence-corrected chi connectivity index (χ1v) is 5.61. The summed E-state index contributed by atoms with van der Waals surface area (Å²) in [6, 6.07) is 0. The fourth-order valence-corrected chi connectivity index (χ4v) is 2.52. The van der Waals surface area contributed by atoms with Crippen molar-refractivity contribution in [1.29, 1.82) is 0 Å². The van der Waals surface area contributed by atoms with Gasteiger partial charge in [-0.2, -0.15) is 0 Å². The maximum atomic E-state index is 3.64. The number of hydrogen-bond donors (Lipinski definition) is 0. The minimum atomic E-state index is 0.812. The van der Waals surface area contributed by atoms with E-state index in [0.717, 1.165) is 11.7 Å². The van der Waals surface area contributed by atoms with E-state index in [1.807, 2.05) is 27.7 Å². The number of hydrogen-bond acceptors (Lipinski definition) is 2. The molecule has 0 rings (SSSR count). The molecule has 0 aliphatic rings. The molecule has 0 amide bonds. The van der Waals surface area contributed by atoms with Crippen LogP contribution in [0, 0.1) is 5.92 Å². The molecule has 0 unspecified atom stereocenters. The highest BCUT2D eigenvalue weighted by atomic mass is 33.1. The van der Waals surface area contributed by atoms with Gasteiger partial charge in [-0.1, -0.05) is 41.5 Å². The zero-order valence-electron chi connectivity index (χ0n) is 6.09. The molecular weight excluding hydrogens is 148 g/mol. The first-order valence-electron chi connectivity index (χ1n) is 3.12. The van der Waals surface area contributed by atoms with Crippen LogP contribution < -0.4 is 0 Å². The van der Waals surface area contributed by atoms with Gasteiger partial charge in [0.05, 0.1) is 0 Å². The molecule has 0 saturated carbocycles. The summed E-state index contributed by atoms with van der Waals surface area (Å²) in [6.07, 6.45) is 1.94. The summed E-state index contributed by atoms with van der Waals surface area (Å²) in [5.74, 6) is 3.13. The highest BCUT2D eigenvalue weighted by Gasteiger charge is 1.92. The van der Waals surface area contributed by atoms with E-state index in [4.69, 9.17) is 0 Å². The standard InChI is InChI=1S/C7H14S2/c1-4-5-8-9-6-7(2)3/h4,7H,1,5-6H2,2-3H3. The van der Waals surface area contributed by atoms with Crippen LogP contribution in [-0.4, -0.2) is 11.5 Å². The van der Waals surface area contributed by atoms with Gasteiger partial charge in [-0.15, -0.1) is 6.58 Å². The molecule has 0 atom stereocenters. The van der Waals surface area contributed by atoms with E-state index in [2.05, 4.69) is 20.4 Å². The Kier molecular flexibility index (Phi) is 6.88. The van der Waals surface area contributed by atoms with Crippen LogP contribution in [0.2, 0.25) is 0 Å². The molecule has 0 aliphatic heterocycles. The predicted molar refractivity (Wildman–Crippen MR) is 50.0 cm³/mol. The third-order valence-electron chi connectivity index (χ3n) is 0.671. The molecule has 0 aliphatic carbocycles. The molecule has 9 heavy (non-hydrogen) atoms. The lowest BCUT2D eigenvalue weighted by atomic mass is 10.3. The zero-order chi connectivity index (χ0) is 7.11. The summed E-state index contributed by atoms with van der Waals surface area (Å²) >= 11 is 0.